The van der Waals surface area contributed by atoms with Crippen LogP contribution in [0.15, 0.2) is 71.0 Å². The van der Waals surface area contributed by atoms with Crippen LogP contribution in [0.3, 0.4) is 0 Å². The van der Waals surface area contributed by atoms with Gasteiger partial charge in [-0.2, -0.15) is 0 Å². The number of sulfonamides is 1. The van der Waals surface area contributed by atoms with Crippen molar-refractivity contribution in [2.75, 3.05) is 0 Å². The van der Waals surface area contributed by atoms with E-state index in [1.165, 1.54) is 22.1 Å². The Morgan fingerprint density at radius 1 is 1.02 bits per heavy atom. The normalized spacial score (nSPS) is 13.1. The van der Waals surface area contributed by atoms with E-state index in [9.17, 15) is 18.0 Å². The molecule has 1 aliphatic carbocycles. The van der Waals surface area contributed by atoms with Crippen LogP contribution < -0.4 is 15.8 Å². The number of nitrogens with one attached hydrogen (secondary N) is 2. The monoisotopic (exact) mass is 611 g/mol. The lowest BCUT2D eigenvalue weighted by Gasteiger charge is -2.11. The zero-order valence-corrected chi connectivity index (χ0v) is 26.8. The number of carbonyl (C=O) groups excluding carboxylic acids is 2. The molecule has 7 nitrogen and oxygen atoms in total. The molecule has 1 saturated carbocycles. The van der Waals surface area contributed by atoms with Gasteiger partial charge in [0.2, 0.25) is 22.3 Å². The molecule has 0 radical (unpaired) electrons. The fourth-order valence-electron chi connectivity index (χ4n) is 4.75. The van der Waals surface area contributed by atoms with Gasteiger partial charge in [0.15, 0.2) is 0 Å². The zero-order chi connectivity index (χ0) is 31.0. The highest BCUT2D eigenvalue weighted by Crippen LogP contribution is 2.27. The molecule has 1 aliphatic rings. The average molecular weight is 612 g/mol. The van der Waals surface area contributed by atoms with Gasteiger partial charge in [0.25, 0.3) is 0 Å². The van der Waals surface area contributed by atoms with Crippen molar-refractivity contribution in [2.45, 2.75) is 84.2 Å². The second-order valence-electron chi connectivity index (χ2n) is 9.82. The maximum atomic E-state index is 12.1. The predicted octanol–water partition coefficient (Wildman–Crippen LogP) is 6.64. The zero-order valence-electron chi connectivity index (χ0n) is 25.2. The van der Waals surface area contributed by atoms with Crippen molar-refractivity contribution < 1.29 is 18.0 Å². The first-order valence-electron chi connectivity index (χ1n) is 14.6. The van der Waals surface area contributed by atoms with Crippen molar-refractivity contribution in [3.63, 3.8) is 0 Å². The SMILES string of the molecule is CC.CC/C=C\Cc1c(CNC=O)csc1C.NS(=O)(=O)c1ccccc1-c1ccc(CNC(=O)C2CCCC2)cc1. The number of allylic oxidation sites excluding steroid dienone is 2. The van der Waals surface area contributed by atoms with Gasteiger partial charge in [-0.25, -0.2) is 13.6 Å². The number of primary sulfonamides is 1. The first kappa shape index (κ1) is 34.9. The molecule has 1 heterocycles. The van der Waals surface area contributed by atoms with Gasteiger partial charge in [0.05, 0.1) is 4.90 Å². The molecule has 0 atom stereocenters. The van der Waals surface area contributed by atoms with E-state index in [0.29, 0.717) is 18.7 Å². The number of carbonyl (C=O) groups is 2. The topological polar surface area (TPSA) is 118 Å². The van der Waals surface area contributed by atoms with E-state index >= 15 is 0 Å². The van der Waals surface area contributed by atoms with Crippen LogP contribution in [0, 0.1) is 12.8 Å². The lowest BCUT2D eigenvalue weighted by molar-refractivity contribution is -0.125. The van der Waals surface area contributed by atoms with Crippen LogP contribution in [0.2, 0.25) is 0 Å². The van der Waals surface area contributed by atoms with Crippen LogP contribution in [0.5, 0.6) is 0 Å². The van der Waals surface area contributed by atoms with E-state index in [2.05, 4.69) is 42.0 Å². The molecule has 2 aromatic carbocycles. The summed E-state index contributed by atoms with van der Waals surface area (Å²) >= 11 is 1.75. The van der Waals surface area contributed by atoms with Crippen molar-refractivity contribution in [1.29, 1.82) is 0 Å². The van der Waals surface area contributed by atoms with Crippen LogP contribution in [0.25, 0.3) is 11.1 Å². The van der Waals surface area contributed by atoms with Gasteiger partial charge in [-0.3, -0.25) is 9.59 Å². The van der Waals surface area contributed by atoms with Gasteiger partial charge >= 0.3 is 0 Å². The second-order valence-corrected chi connectivity index (χ2v) is 12.4. The van der Waals surface area contributed by atoms with E-state index in [0.717, 1.165) is 56.1 Å². The molecular weight excluding hydrogens is 567 g/mol. The predicted molar refractivity (Wildman–Crippen MR) is 173 cm³/mol. The first-order chi connectivity index (χ1) is 20.2. The average Bonchev–Trinajstić information content (AvgIpc) is 3.67. The van der Waals surface area contributed by atoms with Crippen LogP contribution in [-0.4, -0.2) is 20.7 Å². The highest BCUT2D eigenvalue weighted by molar-refractivity contribution is 7.89. The molecule has 0 bridgehead atoms. The lowest BCUT2D eigenvalue weighted by atomic mass is 10.0. The minimum Gasteiger partial charge on any atom is -0.355 e. The minimum atomic E-state index is -3.78. The standard InChI is InChI=1S/C19H22N2O3S.C12H17NOS.C2H6/c20-25(23,24)18-8-4-3-7-17(18)15-11-9-14(10-12-15)13-21-19(22)16-5-1-2-6-16;1-3-4-5-6-12-10(2)15-8-11(12)7-13-9-14;1-2/h3-4,7-12,16H,1-2,5-6,13H2,(H,21,22)(H2,20,23,24);4-5,8-9H,3,6-7H2,1-2H3,(H,13,14);1-2H3/b;5-4-;. The van der Waals surface area contributed by atoms with Crippen molar-refractivity contribution in [3.8, 4) is 11.1 Å². The number of rotatable bonds is 11. The Hall–Kier alpha value is -3.27. The Kier molecular flexibility index (Phi) is 15.2. The van der Waals surface area contributed by atoms with Gasteiger partial charge in [-0.15, -0.1) is 11.3 Å². The lowest BCUT2D eigenvalue weighted by Crippen LogP contribution is -2.28. The summed E-state index contributed by atoms with van der Waals surface area (Å²) in [5, 5.41) is 13.1. The number of aryl methyl sites for hydroxylation is 1. The van der Waals surface area contributed by atoms with Crippen LogP contribution in [-0.2, 0) is 39.1 Å². The third-order valence-corrected chi connectivity index (χ3v) is 8.91. The third-order valence-electron chi connectivity index (χ3n) is 6.94. The van der Waals surface area contributed by atoms with Gasteiger partial charge < -0.3 is 10.6 Å². The maximum Gasteiger partial charge on any atom is 0.238 e. The molecule has 228 valence electrons. The molecule has 0 unspecified atom stereocenters. The molecular formula is C33H45N3O4S2. The first-order valence-corrected chi connectivity index (χ1v) is 17.0. The van der Waals surface area contributed by atoms with E-state index in [1.54, 1.807) is 29.5 Å². The van der Waals surface area contributed by atoms with E-state index in [1.807, 2.05) is 38.1 Å². The molecule has 1 aromatic heterocycles. The summed E-state index contributed by atoms with van der Waals surface area (Å²) in [4.78, 5) is 23.8. The fraction of sp³-hybridized carbons (Fsp3) is 0.394. The van der Waals surface area contributed by atoms with Crippen molar-refractivity contribution in [1.82, 2.24) is 10.6 Å². The number of hydrogen-bond acceptors (Lipinski definition) is 5. The summed E-state index contributed by atoms with van der Waals surface area (Å²) in [6.45, 7) is 9.38. The number of thiophene rings is 1. The molecule has 4 N–H and O–H groups in total. The Labute approximate surface area is 255 Å². The summed E-state index contributed by atoms with van der Waals surface area (Å²) in [5.41, 5.74) is 4.93. The molecule has 42 heavy (non-hydrogen) atoms. The number of benzene rings is 2. The van der Waals surface area contributed by atoms with Crippen molar-refractivity contribution >= 4 is 33.7 Å². The van der Waals surface area contributed by atoms with Gasteiger partial charge in [-0.05, 0) is 66.3 Å². The van der Waals surface area contributed by atoms with Crippen LogP contribution in [0.4, 0.5) is 0 Å². The molecule has 2 amide bonds. The van der Waals surface area contributed by atoms with E-state index in [4.69, 9.17) is 5.14 Å². The van der Waals surface area contributed by atoms with Gasteiger partial charge in [0.1, 0.15) is 0 Å². The quantitative estimate of drug-likeness (QED) is 0.166. The van der Waals surface area contributed by atoms with Crippen LogP contribution in [0.1, 0.15) is 74.4 Å². The van der Waals surface area contributed by atoms with Crippen molar-refractivity contribution in [3.05, 3.63) is 87.6 Å². The van der Waals surface area contributed by atoms with Gasteiger partial charge in [0, 0.05) is 29.4 Å². The fourth-order valence-corrected chi connectivity index (χ4v) is 6.41. The Balaban J connectivity index is 0.000000311. The second kappa shape index (κ2) is 18.3. The number of amides is 2. The summed E-state index contributed by atoms with van der Waals surface area (Å²) in [7, 11) is -3.78. The molecule has 9 heteroatoms. The smallest absolute Gasteiger partial charge is 0.238 e. The Morgan fingerprint density at radius 3 is 2.31 bits per heavy atom. The molecule has 4 rings (SSSR count). The molecule has 0 spiro atoms. The summed E-state index contributed by atoms with van der Waals surface area (Å²) < 4.78 is 23.5. The highest BCUT2D eigenvalue weighted by Gasteiger charge is 2.22. The highest BCUT2D eigenvalue weighted by atomic mass is 32.2. The Morgan fingerprint density at radius 2 is 1.69 bits per heavy atom. The molecule has 0 aliphatic heterocycles. The molecule has 1 fully saturated rings. The molecule has 3 aromatic rings. The van der Waals surface area contributed by atoms with Gasteiger partial charge in [-0.1, -0.05) is 88.2 Å². The van der Waals surface area contributed by atoms with E-state index in [-0.39, 0.29) is 16.7 Å². The maximum absolute atomic E-state index is 12.1. The minimum absolute atomic E-state index is 0.109. The van der Waals surface area contributed by atoms with E-state index < -0.39 is 10.0 Å². The third kappa shape index (κ3) is 10.9. The molecule has 0 saturated heterocycles. The van der Waals surface area contributed by atoms with Crippen LogP contribution >= 0.6 is 11.3 Å². The summed E-state index contributed by atoms with van der Waals surface area (Å²) in [5.74, 6) is 0.280. The number of hydrogen-bond donors (Lipinski definition) is 3. The van der Waals surface area contributed by atoms with Crippen molar-refractivity contribution in [2.24, 2.45) is 11.1 Å². The summed E-state index contributed by atoms with van der Waals surface area (Å²) in [6.07, 6.45) is 11.4. The summed E-state index contributed by atoms with van der Waals surface area (Å²) in [6, 6.07) is 14.1. The largest absolute Gasteiger partial charge is 0.355 e. The number of nitrogens with two attached hydrogens (primary N) is 1. The Bertz CT molecular complexity index is 1390.